The molecular weight excluding hydrogens is 658 g/mol. The van der Waals surface area contributed by atoms with Crippen LogP contribution in [0.2, 0.25) is 0 Å². The van der Waals surface area contributed by atoms with Crippen LogP contribution in [0.1, 0.15) is 74.3 Å². The number of rotatable bonds is 14. The zero-order chi connectivity index (χ0) is 36.3. The average Bonchev–Trinajstić information content (AvgIpc) is 3.70. The van der Waals surface area contributed by atoms with E-state index in [-0.39, 0.29) is 11.7 Å². The number of anilines is 1. The van der Waals surface area contributed by atoms with Gasteiger partial charge in [0.05, 0.1) is 6.10 Å². The van der Waals surface area contributed by atoms with Crippen LogP contribution in [0.3, 0.4) is 0 Å². The van der Waals surface area contributed by atoms with Crippen LogP contribution in [0.4, 0.5) is 18.9 Å². The normalized spacial score (nSPS) is 16.1. The summed E-state index contributed by atoms with van der Waals surface area (Å²) >= 11 is 1.34. The summed E-state index contributed by atoms with van der Waals surface area (Å²) in [5.74, 6) is 0.0698. The van der Waals surface area contributed by atoms with E-state index in [1.54, 1.807) is 30.3 Å². The van der Waals surface area contributed by atoms with Gasteiger partial charge in [0, 0.05) is 51.3 Å². The molecule has 1 aliphatic rings. The Labute approximate surface area is 296 Å². The van der Waals surface area contributed by atoms with Gasteiger partial charge in [-0.3, -0.25) is 0 Å². The van der Waals surface area contributed by atoms with E-state index >= 15 is 13.2 Å². The van der Waals surface area contributed by atoms with Gasteiger partial charge in [-0.1, -0.05) is 63.1 Å². The Hall–Kier alpha value is -5.24. The van der Waals surface area contributed by atoms with E-state index in [2.05, 4.69) is 30.9 Å². The fourth-order valence-corrected chi connectivity index (χ4v) is 6.42. The zero-order valence-electron chi connectivity index (χ0n) is 28.6. The Balaban J connectivity index is 1.71. The van der Waals surface area contributed by atoms with Gasteiger partial charge in [0.2, 0.25) is 0 Å². The van der Waals surface area contributed by atoms with Crippen molar-refractivity contribution in [3.63, 3.8) is 0 Å². The van der Waals surface area contributed by atoms with Crippen molar-refractivity contribution in [2.75, 3.05) is 18.0 Å². The minimum atomic E-state index is -5.05. The fourth-order valence-electron chi connectivity index (χ4n) is 5.60. The first kappa shape index (κ1) is 37.6. The van der Waals surface area contributed by atoms with Crippen molar-refractivity contribution in [1.82, 2.24) is 0 Å². The number of nitrogens with zero attached hydrogens (tertiary/aromatic N) is 4. The first-order chi connectivity index (χ1) is 24.0. The number of ether oxygens (including phenoxy) is 2. The smallest absolute Gasteiger partial charge is 0.437 e. The second-order valence-electron chi connectivity index (χ2n) is 12.0. The largest absolute Gasteiger partial charge is 0.490 e. The lowest BCUT2D eigenvalue weighted by Crippen LogP contribution is -2.43. The molecule has 0 amide bonds. The molecule has 1 aliphatic heterocycles. The zero-order valence-corrected chi connectivity index (χ0v) is 29.4. The molecule has 2 aromatic carbocycles. The van der Waals surface area contributed by atoms with Crippen molar-refractivity contribution in [3.8, 4) is 24.0 Å². The van der Waals surface area contributed by atoms with Crippen LogP contribution < -0.4 is 9.64 Å². The van der Waals surface area contributed by atoms with Crippen LogP contribution in [0.15, 0.2) is 89.2 Å². The summed E-state index contributed by atoms with van der Waals surface area (Å²) in [4.78, 5) is 3.86. The minimum Gasteiger partial charge on any atom is -0.490 e. The molecule has 0 spiro atoms. The monoisotopic (exact) mass is 696 g/mol. The van der Waals surface area contributed by atoms with Crippen molar-refractivity contribution < 1.29 is 22.6 Å². The summed E-state index contributed by atoms with van der Waals surface area (Å²) in [6.07, 6.45) is 5.89. The topological polar surface area (TPSA) is 93.1 Å². The highest BCUT2D eigenvalue weighted by molar-refractivity contribution is 7.13. The molecule has 50 heavy (non-hydrogen) atoms. The second-order valence-corrected chi connectivity index (χ2v) is 13.1. The first-order valence-corrected chi connectivity index (χ1v) is 17.4. The lowest BCUT2D eigenvalue weighted by molar-refractivity contribution is -0.249. The summed E-state index contributed by atoms with van der Waals surface area (Å²) in [6.45, 7) is 10.3. The van der Waals surface area contributed by atoms with Crippen molar-refractivity contribution in [2.45, 2.75) is 71.3 Å². The number of benzene rings is 2. The highest BCUT2D eigenvalue weighted by atomic mass is 32.1. The third kappa shape index (κ3) is 8.30. The van der Waals surface area contributed by atoms with E-state index in [1.807, 2.05) is 38.1 Å². The molecule has 0 aliphatic carbocycles. The third-order valence-corrected chi connectivity index (χ3v) is 9.07. The average molecular weight is 697 g/mol. The maximum atomic E-state index is 15.1. The van der Waals surface area contributed by atoms with E-state index in [0.717, 1.165) is 60.7 Å². The molecule has 4 rings (SSSR count). The molecule has 0 bridgehead atoms. The number of alkyl halides is 3. The van der Waals surface area contributed by atoms with E-state index in [1.165, 1.54) is 47.8 Å². The highest BCUT2D eigenvalue weighted by Crippen LogP contribution is 2.56. The Morgan fingerprint density at radius 2 is 1.52 bits per heavy atom. The number of nitriles is 3. The molecule has 6 nitrogen and oxygen atoms in total. The molecular formula is C40H39F3N4O2S. The third-order valence-electron chi connectivity index (χ3n) is 8.05. The number of halogens is 3. The molecule has 2 heterocycles. The van der Waals surface area contributed by atoms with Gasteiger partial charge in [-0.15, -0.1) is 11.3 Å². The second kappa shape index (κ2) is 16.9. The molecule has 1 atom stereocenters. The molecule has 1 unspecified atom stereocenters. The van der Waals surface area contributed by atoms with Crippen LogP contribution >= 0.6 is 11.3 Å². The number of unbranched alkanes of at least 4 members (excludes halogenated alkanes) is 2. The Kier molecular flexibility index (Phi) is 12.7. The Bertz CT molecular complexity index is 1880. The van der Waals surface area contributed by atoms with Gasteiger partial charge in [-0.05, 0) is 69.2 Å². The lowest BCUT2D eigenvalue weighted by Gasteiger charge is -2.33. The number of thiophene rings is 1. The molecule has 10 heteroatoms. The molecule has 0 N–H and O–H groups in total. The van der Waals surface area contributed by atoms with Gasteiger partial charge in [0.25, 0.3) is 5.60 Å². The first-order valence-electron chi connectivity index (χ1n) is 16.5. The van der Waals surface area contributed by atoms with Gasteiger partial charge < -0.3 is 14.4 Å². The Morgan fingerprint density at radius 3 is 2.06 bits per heavy atom. The van der Waals surface area contributed by atoms with Crippen molar-refractivity contribution in [1.29, 1.82) is 15.8 Å². The van der Waals surface area contributed by atoms with Crippen molar-refractivity contribution >= 4 is 35.3 Å². The lowest BCUT2D eigenvalue weighted by atomic mass is 9.84. The predicted molar refractivity (Wildman–Crippen MR) is 193 cm³/mol. The van der Waals surface area contributed by atoms with Crippen LogP contribution in [-0.4, -0.2) is 25.4 Å². The maximum Gasteiger partial charge on any atom is 0.437 e. The standard InChI is InChI=1S/C40H39F3N4O2S/c1-5-7-22-47(23-8-6-2)32-16-14-29(37(24-32)48-28(3)4)15-17-33-18-19-34(50-33)20-21-36-35(27-46)38(30(25-44)26-45)49-39(36,40(41,42)43)31-12-10-9-11-13-31/h9-21,24,28H,5-8,22-23H2,1-4H3/b17-15+,21-20+. The highest BCUT2D eigenvalue weighted by Gasteiger charge is 2.65. The van der Waals surface area contributed by atoms with Gasteiger partial charge >= 0.3 is 6.18 Å². The van der Waals surface area contributed by atoms with E-state index in [9.17, 15) is 15.8 Å². The van der Waals surface area contributed by atoms with Crippen LogP contribution in [0, 0.1) is 34.0 Å². The molecule has 3 aromatic rings. The van der Waals surface area contributed by atoms with Crippen molar-refractivity contribution in [2.24, 2.45) is 0 Å². The molecule has 1 aromatic heterocycles. The molecule has 0 fully saturated rings. The summed E-state index contributed by atoms with van der Waals surface area (Å²) in [7, 11) is 0. The maximum absolute atomic E-state index is 15.1. The van der Waals surface area contributed by atoms with Gasteiger partial charge in [-0.25, -0.2) is 0 Å². The Morgan fingerprint density at radius 1 is 0.900 bits per heavy atom. The van der Waals surface area contributed by atoms with Crippen LogP contribution in [0.25, 0.3) is 18.2 Å². The summed E-state index contributed by atoms with van der Waals surface area (Å²) in [6, 6.07) is 21.6. The van der Waals surface area contributed by atoms with E-state index in [4.69, 9.17) is 9.47 Å². The van der Waals surface area contributed by atoms with Gasteiger partial charge in [-0.2, -0.15) is 29.0 Å². The quantitative estimate of drug-likeness (QED) is 0.156. The summed E-state index contributed by atoms with van der Waals surface area (Å²) < 4.78 is 56.9. The van der Waals surface area contributed by atoms with Gasteiger partial charge in [0.1, 0.15) is 29.5 Å². The van der Waals surface area contributed by atoms with Crippen LogP contribution in [0.5, 0.6) is 5.75 Å². The fraction of sp³-hybridized carbons (Fsp3) is 0.325. The van der Waals surface area contributed by atoms with Crippen molar-refractivity contribution in [3.05, 3.63) is 110 Å². The molecule has 0 saturated heterocycles. The number of hydrogen-bond donors (Lipinski definition) is 0. The number of allylic oxidation sites excluding steroid dienone is 2. The molecule has 0 saturated carbocycles. The van der Waals surface area contributed by atoms with Crippen LogP contribution in [-0.2, 0) is 10.3 Å². The summed E-state index contributed by atoms with van der Waals surface area (Å²) in [5.41, 5.74) is -3.14. The predicted octanol–water partition coefficient (Wildman–Crippen LogP) is 10.7. The summed E-state index contributed by atoms with van der Waals surface area (Å²) in [5, 5.41) is 29.0. The van der Waals surface area contributed by atoms with E-state index in [0.29, 0.717) is 4.88 Å². The minimum absolute atomic E-state index is 0.0322. The van der Waals surface area contributed by atoms with Gasteiger partial charge in [0.15, 0.2) is 11.3 Å². The van der Waals surface area contributed by atoms with E-state index < -0.39 is 34.3 Å². The number of hydrogen-bond acceptors (Lipinski definition) is 7. The molecule has 258 valence electrons. The SMILES string of the molecule is CCCCN(CCCC)c1ccc(/C=C/c2ccc(/C=C/C3=C(C#N)C(=C(C#N)C#N)OC3(c3ccccc3)C(F)(F)F)s2)c(OC(C)C)c1. The molecule has 0 radical (unpaired) electrons.